The maximum Gasteiger partial charge on any atom is 0.241 e. The van der Waals surface area contributed by atoms with Crippen LogP contribution in [0.1, 0.15) is 18.9 Å². The summed E-state index contributed by atoms with van der Waals surface area (Å²) in [6.07, 6.45) is 0.523. The lowest BCUT2D eigenvalue weighted by molar-refractivity contribution is 0.254. The largest absolute Gasteiger partial charge is 0.395 e. The molecule has 0 amide bonds. The molecular formula is C11H16ClNO3S. The predicted octanol–water partition coefficient (Wildman–Crippen LogP) is 1.70. The van der Waals surface area contributed by atoms with Gasteiger partial charge in [-0.2, -0.15) is 0 Å². The van der Waals surface area contributed by atoms with E-state index in [2.05, 4.69) is 4.72 Å². The molecule has 0 fully saturated rings. The van der Waals surface area contributed by atoms with Crippen LogP contribution in [0.4, 0.5) is 0 Å². The number of halogens is 1. The van der Waals surface area contributed by atoms with Crippen molar-refractivity contribution in [3.8, 4) is 0 Å². The fraction of sp³-hybridized carbons (Fsp3) is 0.455. The minimum atomic E-state index is -3.63. The van der Waals surface area contributed by atoms with Crippen molar-refractivity contribution >= 4 is 21.6 Å². The second kappa shape index (κ2) is 5.82. The summed E-state index contributed by atoms with van der Waals surface area (Å²) in [5.41, 5.74) is 0.509. The maximum absolute atomic E-state index is 12.1. The molecule has 0 aliphatic heterocycles. The summed E-state index contributed by atoms with van der Waals surface area (Å²) < 4.78 is 26.5. The Hall–Kier alpha value is -0.620. The van der Waals surface area contributed by atoms with Crippen molar-refractivity contribution < 1.29 is 13.5 Å². The Kier molecular flexibility index (Phi) is 4.94. The van der Waals surface area contributed by atoms with Gasteiger partial charge in [0.05, 0.1) is 11.5 Å². The first-order valence-electron chi connectivity index (χ1n) is 5.30. The molecule has 17 heavy (non-hydrogen) atoms. The second-order valence-electron chi connectivity index (χ2n) is 3.77. The Morgan fingerprint density at radius 2 is 2.12 bits per heavy atom. The van der Waals surface area contributed by atoms with Gasteiger partial charge in [-0.05, 0) is 31.0 Å². The Morgan fingerprint density at radius 1 is 1.47 bits per heavy atom. The van der Waals surface area contributed by atoms with Crippen LogP contribution in [-0.2, 0) is 10.0 Å². The highest BCUT2D eigenvalue weighted by Gasteiger charge is 2.21. The average molecular weight is 278 g/mol. The van der Waals surface area contributed by atoms with E-state index in [1.807, 2.05) is 0 Å². The molecule has 6 heteroatoms. The molecule has 1 atom stereocenters. The van der Waals surface area contributed by atoms with E-state index < -0.39 is 16.1 Å². The topological polar surface area (TPSA) is 66.4 Å². The Morgan fingerprint density at radius 3 is 2.65 bits per heavy atom. The number of sulfonamides is 1. The fourth-order valence-electron chi connectivity index (χ4n) is 1.41. The van der Waals surface area contributed by atoms with Crippen molar-refractivity contribution in [1.82, 2.24) is 4.72 Å². The lowest BCUT2D eigenvalue weighted by Crippen LogP contribution is -2.37. The van der Waals surface area contributed by atoms with Crippen LogP contribution in [0.5, 0.6) is 0 Å². The smallest absolute Gasteiger partial charge is 0.241 e. The summed E-state index contributed by atoms with van der Waals surface area (Å²) in [4.78, 5) is 0.150. The summed E-state index contributed by atoms with van der Waals surface area (Å²) >= 11 is 5.88. The predicted molar refractivity (Wildman–Crippen MR) is 67.7 cm³/mol. The van der Waals surface area contributed by atoms with Gasteiger partial charge in [0.2, 0.25) is 10.0 Å². The van der Waals surface area contributed by atoms with E-state index in [9.17, 15) is 8.42 Å². The van der Waals surface area contributed by atoms with Crippen LogP contribution in [0, 0.1) is 6.92 Å². The molecular weight excluding hydrogens is 262 g/mol. The Bertz CT molecular complexity index is 483. The molecule has 1 aromatic carbocycles. The first kappa shape index (κ1) is 14.4. The van der Waals surface area contributed by atoms with Gasteiger partial charge in [0.25, 0.3) is 0 Å². The highest BCUT2D eigenvalue weighted by Crippen LogP contribution is 2.22. The van der Waals surface area contributed by atoms with Crippen molar-refractivity contribution in [2.75, 3.05) is 6.61 Å². The summed E-state index contributed by atoms with van der Waals surface area (Å²) in [7, 11) is -3.63. The molecule has 2 N–H and O–H groups in total. The minimum Gasteiger partial charge on any atom is -0.395 e. The van der Waals surface area contributed by atoms with Crippen LogP contribution < -0.4 is 4.72 Å². The van der Waals surface area contributed by atoms with E-state index in [0.717, 1.165) is 0 Å². The van der Waals surface area contributed by atoms with Crippen LogP contribution in [-0.4, -0.2) is 26.2 Å². The zero-order valence-electron chi connectivity index (χ0n) is 9.77. The van der Waals surface area contributed by atoms with Gasteiger partial charge in [-0.25, -0.2) is 13.1 Å². The molecule has 0 saturated carbocycles. The number of hydrogen-bond donors (Lipinski definition) is 2. The van der Waals surface area contributed by atoms with Crippen LogP contribution in [0.15, 0.2) is 23.1 Å². The number of aliphatic hydroxyl groups excluding tert-OH is 1. The van der Waals surface area contributed by atoms with Gasteiger partial charge >= 0.3 is 0 Å². The molecule has 1 aromatic rings. The number of aliphatic hydroxyl groups is 1. The van der Waals surface area contributed by atoms with E-state index >= 15 is 0 Å². The highest BCUT2D eigenvalue weighted by atomic mass is 35.5. The van der Waals surface area contributed by atoms with Gasteiger partial charge in [0, 0.05) is 11.1 Å². The van der Waals surface area contributed by atoms with Gasteiger partial charge in [-0.1, -0.05) is 24.6 Å². The lowest BCUT2D eigenvalue weighted by atomic mass is 10.2. The third-order valence-corrected chi connectivity index (χ3v) is 4.62. The standard InChI is InChI=1S/C11H16ClNO3S/c1-3-9(7-14)13-17(15,16)11-6-4-5-10(12)8(11)2/h4-6,9,13-14H,3,7H2,1-2H3/t9-/m1/s1. The monoisotopic (exact) mass is 277 g/mol. The summed E-state index contributed by atoms with van der Waals surface area (Å²) in [6.45, 7) is 3.22. The van der Waals surface area contributed by atoms with E-state index in [1.165, 1.54) is 6.07 Å². The van der Waals surface area contributed by atoms with Gasteiger partial charge in [-0.3, -0.25) is 0 Å². The zero-order valence-corrected chi connectivity index (χ0v) is 11.3. The summed E-state index contributed by atoms with van der Waals surface area (Å²) in [5, 5.41) is 9.41. The second-order valence-corrected chi connectivity index (χ2v) is 5.86. The average Bonchev–Trinajstić information content (AvgIpc) is 2.29. The van der Waals surface area contributed by atoms with Gasteiger partial charge in [-0.15, -0.1) is 0 Å². The SMILES string of the molecule is CC[C@H](CO)NS(=O)(=O)c1cccc(Cl)c1C. The summed E-state index contributed by atoms with van der Waals surface area (Å²) in [5.74, 6) is 0. The van der Waals surface area contributed by atoms with Gasteiger partial charge < -0.3 is 5.11 Å². The lowest BCUT2D eigenvalue weighted by Gasteiger charge is -2.15. The van der Waals surface area contributed by atoms with Gasteiger partial charge in [0.15, 0.2) is 0 Å². The van der Waals surface area contributed by atoms with Crippen molar-refractivity contribution in [2.45, 2.75) is 31.2 Å². The van der Waals surface area contributed by atoms with E-state index in [-0.39, 0.29) is 11.5 Å². The third-order valence-electron chi connectivity index (χ3n) is 2.54. The molecule has 0 aliphatic rings. The molecule has 0 radical (unpaired) electrons. The fourth-order valence-corrected chi connectivity index (χ4v) is 3.22. The third kappa shape index (κ3) is 3.42. The molecule has 0 spiro atoms. The number of benzene rings is 1. The number of rotatable bonds is 5. The molecule has 4 nitrogen and oxygen atoms in total. The van der Waals surface area contributed by atoms with Crippen LogP contribution in [0.3, 0.4) is 0 Å². The molecule has 1 rings (SSSR count). The quantitative estimate of drug-likeness (QED) is 0.861. The number of hydrogen-bond acceptors (Lipinski definition) is 3. The first-order chi connectivity index (χ1) is 7.92. The normalized spacial score (nSPS) is 13.6. The summed E-state index contributed by atoms with van der Waals surface area (Å²) in [6, 6.07) is 4.25. The number of nitrogens with one attached hydrogen (secondary N) is 1. The molecule has 96 valence electrons. The Balaban J connectivity index is 3.09. The molecule has 0 bridgehead atoms. The molecule has 0 saturated heterocycles. The van der Waals surface area contributed by atoms with Gasteiger partial charge in [0.1, 0.15) is 0 Å². The minimum absolute atomic E-state index is 0.150. The van der Waals surface area contributed by atoms with E-state index in [0.29, 0.717) is 17.0 Å². The zero-order chi connectivity index (χ0) is 13.1. The van der Waals surface area contributed by atoms with Crippen LogP contribution in [0.2, 0.25) is 5.02 Å². The van der Waals surface area contributed by atoms with Crippen LogP contribution >= 0.6 is 11.6 Å². The van der Waals surface area contributed by atoms with Crippen molar-refractivity contribution in [3.63, 3.8) is 0 Å². The van der Waals surface area contributed by atoms with Crippen molar-refractivity contribution in [1.29, 1.82) is 0 Å². The Labute approximate surface area is 107 Å². The maximum atomic E-state index is 12.1. The van der Waals surface area contributed by atoms with E-state index in [1.54, 1.807) is 26.0 Å². The molecule has 0 heterocycles. The van der Waals surface area contributed by atoms with Crippen LogP contribution in [0.25, 0.3) is 0 Å². The first-order valence-corrected chi connectivity index (χ1v) is 7.16. The van der Waals surface area contributed by atoms with E-state index in [4.69, 9.17) is 16.7 Å². The molecule has 0 aromatic heterocycles. The molecule has 0 unspecified atom stereocenters. The van der Waals surface area contributed by atoms with Crippen molar-refractivity contribution in [3.05, 3.63) is 28.8 Å². The van der Waals surface area contributed by atoms with Crippen molar-refractivity contribution in [2.24, 2.45) is 0 Å². The highest BCUT2D eigenvalue weighted by molar-refractivity contribution is 7.89. The molecule has 0 aliphatic carbocycles.